The highest BCUT2D eigenvalue weighted by molar-refractivity contribution is 5.89. The van der Waals surface area contributed by atoms with Gasteiger partial charge in [-0.25, -0.2) is 28.8 Å². The minimum atomic E-state index is -1.22. The Hall–Kier alpha value is -4.50. The molecule has 0 radical (unpaired) electrons. The number of hydrogen-bond donors (Lipinski definition) is 3. The largest absolute Gasteiger partial charge is 0.477 e. The van der Waals surface area contributed by atoms with Crippen LogP contribution in [0, 0.1) is 0 Å². The Labute approximate surface area is 241 Å². The molecule has 2 aliphatic heterocycles. The summed E-state index contributed by atoms with van der Waals surface area (Å²) in [6, 6.07) is 0. The minimum absolute atomic E-state index is 0.0370. The van der Waals surface area contributed by atoms with E-state index in [9.17, 15) is 28.8 Å². The summed E-state index contributed by atoms with van der Waals surface area (Å²) in [4.78, 5) is 78.2. The molecule has 0 saturated heterocycles. The van der Waals surface area contributed by atoms with Crippen molar-refractivity contribution in [1.29, 1.82) is 0 Å². The predicted octanol–water partition coefficient (Wildman–Crippen LogP) is 1.73. The number of rotatable bonds is 3. The van der Waals surface area contributed by atoms with Gasteiger partial charge in [-0.15, -0.1) is 0 Å². The monoisotopic (exact) mass is 594 g/mol. The molecule has 4 heterocycles. The fraction of sp³-hybridized carbons (Fsp3) is 0.615. The van der Waals surface area contributed by atoms with Gasteiger partial charge in [0, 0.05) is 26.2 Å². The molecule has 16 heteroatoms. The summed E-state index contributed by atoms with van der Waals surface area (Å²) >= 11 is 0. The second kappa shape index (κ2) is 12.2. The van der Waals surface area contributed by atoms with Gasteiger partial charge < -0.3 is 29.1 Å². The predicted molar refractivity (Wildman–Crippen MR) is 146 cm³/mol. The number of fused-ring (bicyclic) bond motifs is 2. The molecule has 0 atom stereocenters. The first kappa shape index (κ1) is 32.0. The highest BCUT2D eigenvalue weighted by Crippen LogP contribution is 2.19. The molecule has 2 aromatic heterocycles. The zero-order chi connectivity index (χ0) is 31.6. The van der Waals surface area contributed by atoms with Gasteiger partial charge in [0.2, 0.25) is 0 Å². The molecule has 42 heavy (non-hydrogen) atoms. The van der Waals surface area contributed by atoms with E-state index >= 15 is 0 Å². The number of amides is 2. The Kier molecular flexibility index (Phi) is 9.27. The topological polar surface area (TPSA) is 198 Å². The number of nitrogens with one attached hydrogen (secondary N) is 2. The first-order valence-electron chi connectivity index (χ1n) is 13.4. The van der Waals surface area contributed by atoms with Gasteiger partial charge in [-0.2, -0.15) is 0 Å². The molecule has 2 aliphatic rings. The van der Waals surface area contributed by atoms with Gasteiger partial charge in [0.15, 0.2) is 11.4 Å². The lowest BCUT2D eigenvalue weighted by atomic mass is 10.2. The Morgan fingerprint density at radius 2 is 1.14 bits per heavy atom. The lowest BCUT2D eigenvalue weighted by Gasteiger charge is -2.30. The number of carboxylic acid groups (broad SMARTS) is 1. The van der Waals surface area contributed by atoms with Crippen LogP contribution in [0.5, 0.6) is 0 Å². The molecule has 3 N–H and O–H groups in total. The molecule has 2 aromatic rings. The Balaban J connectivity index is 0.000000231. The van der Waals surface area contributed by atoms with Gasteiger partial charge in [0.25, 0.3) is 0 Å². The Morgan fingerprint density at radius 1 is 0.738 bits per heavy atom. The first-order chi connectivity index (χ1) is 19.4. The molecular formula is C26H38N6O10. The Bertz CT molecular complexity index is 1470. The summed E-state index contributed by atoms with van der Waals surface area (Å²) in [7, 11) is 0. The second-order valence-electron chi connectivity index (χ2n) is 11.6. The van der Waals surface area contributed by atoms with Gasteiger partial charge in [-0.3, -0.25) is 19.1 Å². The number of aromatic amines is 2. The van der Waals surface area contributed by atoms with Crippen molar-refractivity contribution < 1.29 is 38.5 Å². The van der Waals surface area contributed by atoms with Gasteiger partial charge >= 0.3 is 35.5 Å². The van der Waals surface area contributed by atoms with E-state index in [1.54, 1.807) is 48.5 Å². The summed E-state index contributed by atoms with van der Waals surface area (Å²) in [6.45, 7) is 13.9. The van der Waals surface area contributed by atoms with E-state index < -0.39 is 41.0 Å². The van der Waals surface area contributed by atoms with E-state index in [1.807, 2.05) is 0 Å². The number of aromatic nitrogens is 4. The van der Waals surface area contributed by atoms with Crippen molar-refractivity contribution in [2.45, 2.75) is 85.8 Å². The van der Waals surface area contributed by atoms with Crippen LogP contribution >= 0.6 is 0 Å². The van der Waals surface area contributed by atoms with Gasteiger partial charge in [-0.1, -0.05) is 0 Å². The number of carboxylic acids is 1. The number of esters is 1. The molecular weight excluding hydrogens is 556 g/mol. The number of H-pyrrole nitrogens is 2. The summed E-state index contributed by atoms with van der Waals surface area (Å²) in [5, 5.41) is 9.05. The molecule has 0 fully saturated rings. The number of imidazole rings is 2. The number of ether oxygens (including phenoxy) is 3. The van der Waals surface area contributed by atoms with Crippen molar-refractivity contribution in [2.75, 3.05) is 19.7 Å². The first-order valence-corrected chi connectivity index (χ1v) is 13.4. The van der Waals surface area contributed by atoms with Crippen molar-refractivity contribution >= 4 is 24.1 Å². The van der Waals surface area contributed by atoms with E-state index in [2.05, 4.69) is 9.97 Å². The maximum Gasteiger partial charge on any atom is 0.410 e. The van der Waals surface area contributed by atoms with Crippen LogP contribution in [-0.2, 0) is 40.4 Å². The third-order valence-corrected chi connectivity index (χ3v) is 6.05. The molecule has 0 saturated carbocycles. The zero-order valence-corrected chi connectivity index (χ0v) is 24.9. The van der Waals surface area contributed by atoms with Crippen molar-refractivity contribution in [1.82, 2.24) is 28.9 Å². The number of carbonyl (C=O) groups is 4. The van der Waals surface area contributed by atoms with Crippen molar-refractivity contribution in [2.24, 2.45) is 0 Å². The molecule has 0 aromatic carbocycles. The highest BCUT2D eigenvalue weighted by Gasteiger charge is 2.32. The van der Waals surface area contributed by atoms with Crippen molar-refractivity contribution in [3.63, 3.8) is 0 Å². The lowest BCUT2D eigenvalue weighted by Crippen LogP contribution is -2.43. The van der Waals surface area contributed by atoms with Crippen molar-refractivity contribution in [3.8, 4) is 0 Å². The molecule has 2 amide bonds. The van der Waals surface area contributed by atoms with Crippen LogP contribution in [0.1, 0.15) is 80.8 Å². The van der Waals surface area contributed by atoms with Crippen LogP contribution in [-0.4, -0.2) is 89.0 Å². The molecule has 16 nitrogen and oxygen atoms in total. The standard InChI is InChI=1S/C14H21N3O5.C12H17N3O5/c1-5-21-11(18)10-9-8-16(13(20)22-14(2,3)4)6-7-17(9)12(19)15-10;1-12(2,3)20-11(19)14-4-5-15-7(6-14)8(9(16)17)13-10(15)18/h5-8H2,1-4H3,(H,15,19);4-6H2,1-3H3,(H,13,18)(H,16,17). The lowest BCUT2D eigenvalue weighted by molar-refractivity contribution is 0.0186. The van der Waals surface area contributed by atoms with Gasteiger partial charge in [0.05, 0.1) is 31.1 Å². The molecule has 232 valence electrons. The summed E-state index contributed by atoms with van der Waals surface area (Å²) in [5.41, 5.74) is -1.41. The van der Waals surface area contributed by atoms with Gasteiger partial charge in [-0.05, 0) is 48.5 Å². The fourth-order valence-electron chi connectivity index (χ4n) is 4.28. The van der Waals surface area contributed by atoms with Crippen LogP contribution in [0.3, 0.4) is 0 Å². The quantitative estimate of drug-likeness (QED) is 0.347. The SMILES string of the molecule is CC(C)(C)OC(=O)N1CCn2c(c(C(=O)O)[nH]c2=O)C1.CCOC(=O)c1[nH]c(=O)n2c1CN(C(=O)OC(C)(C)C)CC2. The molecule has 0 aliphatic carbocycles. The van der Waals surface area contributed by atoms with Gasteiger partial charge in [0.1, 0.15) is 11.2 Å². The average molecular weight is 595 g/mol. The van der Waals surface area contributed by atoms with Crippen LogP contribution < -0.4 is 11.4 Å². The van der Waals surface area contributed by atoms with Crippen LogP contribution in [0.25, 0.3) is 0 Å². The van der Waals surface area contributed by atoms with E-state index in [0.29, 0.717) is 31.0 Å². The molecule has 0 unspecified atom stereocenters. The minimum Gasteiger partial charge on any atom is -0.477 e. The normalized spacial score (nSPS) is 14.6. The number of nitrogens with zero attached hydrogens (tertiary/aromatic N) is 4. The molecule has 0 bridgehead atoms. The number of aromatic carboxylic acids is 1. The van der Waals surface area contributed by atoms with Crippen LogP contribution in [0.4, 0.5) is 9.59 Å². The van der Waals surface area contributed by atoms with E-state index in [-0.39, 0.29) is 43.3 Å². The summed E-state index contributed by atoms with van der Waals surface area (Å²) in [5.74, 6) is -1.82. The molecule has 4 rings (SSSR count). The third kappa shape index (κ3) is 7.61. The number of carbonyl (C=O) groups excluding carboxylic acids is 3. The average Bonchev–Trinajstić information content (AvgIpc) is 3.39. The Morgan fingerprint density at radius 3 is 1.52 bits per heavy atom. The van der Waals surface area contributed by atoms with Crippen LogP contribution in [0.2, 0.25) is 0 Å². The van der Waals surface area contributed by atoms with E-state index in [0.717, 1.165) is 0 Å². The summed E-state index contributed by atoms with van der Waals surface area (Å²) in [6.07, 6.45) is -0.990. The highest BCUT2D eigenvalue weighted by atomic mass is 16.6. The third-order valence-electron chi connectivity index (χ3n) is 6.05. The fourth-order valence-corrected chi connectivity index (χ4v) is 4.28. The zero-order valence-electron chi connectivity index (χ0n) is 24.9. The van der Waals surface area contributed by atoms with Crippen molar-refractivity contribution in [3.05, 3.63) is 43.7 Å². The van der Waals surface area contributed by atoms with E-state index in [4.69, 9.17) is 19.3 Å². The second-order valence-corrected chi connectivity index (χ2v) is 11.6. The number of hydrogen-bond acceptors (Lipinski definition) is 9. The maximum absolute atomic E-state index is 12.1. The van der Waals surface area contributed by atoms with Crippen LogP contribution in [0.15, 0.2) is 9.59 Å². The smallest absolute Gasteiger partial charge is 0.410 e. The summed E-state index contributed by atoms with van der Waals surface area (Å²) < 4.78 is 18.3. The molecule has 0 spiro atoms. The maximum atomic E-state index is 12.1. The van der Waals surface area contributed by atoms with E-state index in [1.165, 1.54) is 18.9 Å².